The molecule has 8 aromatic rings. The van der Waals surface area contributed by atoms with Gasteiger partial charge in [-0.3, -0.25) is 4.40 Å². The normalized spacial score (nSPS) is 12.2. The van der Waals surface area contributed by atoms with Crippen molar-refractivity contribution in [3.8, 4) is 0 Å². The molecule has 3 nitrogen and oxygen atoms in total. The van der Waals surface area contributed by atoms with Gasteiger partial charge in [-0.1, -0.05) is 121 Å². The minimum atomic E-state index is -3.22. The monoisotopic (exact) mass is 518 g/mol. The number of nitrogens with zero attached hydrogens (tertiary/aromatic N) is 2. The molecular formula is C35H23N2OP. The van der Waals surface area contributed by atoms with E-state index in [1.807, 2.05) is 72.8 Å². The van der Waals surface area contributed by atoms with Crippen LogP contribution in [0.4, 0.5) is 0 Å². The summed E-state index contributed by atoms with van der Waals surface area (Å²) in [5.41, 5.74) is 3.71. The average molecular weight is 519 g/mol. The fraction of sp³-hybridized carbons (Fsp3) is 0. The highest BCUT2D eigenvalue weighted by atomic mass is 31.2. The van der Waals surface area contributed by atoms with Crippen LogP contribution in [0.3, 0.4) is 0 Å². The Bertz CT molecular complexity index is 2210. The molecule has 0 N–H and O–H groups in total. The molecule has 184 valence electrons. The lowest BCUT2D eigenvalue weighted by atomic mass is 10.00. The Hall–Kier alpha value is -4.72. The number of pyridine rings is 1. The topological polar surface area (TPSA) is 34.4 Å². The van der Waals surface area contributed by atoms with Crippen LogP contribution in [-0.2, 0) is 4.57 Å². The van der Waals surface area contributed by atoms with Crippen molar-refractivity contribution >= 4 is 72.2 Å². The number of benzene rings is 6. The molecule has 0 amide bonds. The number of fused-ring (bicyclic) bond motifs is 10. The molecule has 2 aromatic heterocycles. The van der Waals surface area contributed by atoms with E-state index in [1.165, 1.54) is 16.2 Å². The first-order chi connectivity index (χ1) is 19.2. The van der Waals surface area contributed by atoms with Gasteiger partial charge in [0.1, 0.15) is 11.2 Å². The second-order valence-corrected chi connectivity index (χ2v) is 12.7. The minimum Gasteiger partial charge on any atom is -0.309 e. The maximum Gasteiger partial charge on any atom is 0.173 e. The summed E-state index contributed by atoms with van der Waals surface area (Å²) in [4.78, 5) is 5.35. The van der Waals surface area contributed by atoms with Crippen molar-refractivity contribution in [2.45, 2.75) is 0 Å². The summed E-state index contributed by atoms with van der Waals surface area (Å²) in [6, 6.07) is 47.1. The van der Waals surface area contributed by atoms with Gasteiger partial charge in [0.25, 0.3) is 0 Å². The number of hydrogen-bond acceptors (Lipinski definition) is 2. The second-order valence-electron chi connectivity index (χ2n) is 9.92. The predicted molar refractivity (Wildman–Crippen MR) is 165 cm³/mol. The van der Waals surface area contributed by atoms with Gasteiger partial charge in [-0.25, -0.2) is 4.98 Å². The van der Waals surface area contributed by atoms with E-state index in [4.69, 9.17) is 4.98 Å². The third kappa shape index (κ3) is 3.11. The molecule has 39 heavy (non-hydrogen) atoms. The molecule has 2 heterocycles. The molecule has 0 spiro atoms. The quantitative estimate of drug-likeness (QED) is 0.178. The highest BCUT2D eigenvalue weighted by Crippen LogP contribution is 2.45. The first-order valence-corrected chi connectivity index (χ1v) is 14.8. The molecule has 0 aliphatic heterocycles. The number of imidazole rings is 1. The lowest BCUT2D eigenvalue weighted by Gasteiger charge is -2.20. The van der Waals surface area contributed by atoms with E-state index in [0.29, 0.717) is 0 Å². The van der Waals surface area contributed by atoms with Crippen LogP contribution >= 0.6 is 7.14 Å². The molecule has 4 heteroatoms. The summed E-state index contributed by atoms with van der Waals surface area (Å²) in [7, 11) is -3.22. The smallest absolute Gasteiger partial charge is 0.173 e. The van der Waals surface area contributed by atoms with Crippen molar-refractivity contribution in [2.24, 2.45) is 0 Å². The third-order valence-electron chi connectivity index (χ3n) is 7.83. The van der Waals surface area contributed by atoms with E-state index < -0.39 is 7.14 Å². The summed E-state index contributed by atoms with van der Waals surface area (Å²) >= 11 is 0. The van der Waals surface area contributed by atoms with Gasteiger partial charge >= 0.3 is 0 Å². The molecule has 0 atom stereocenters. The largest absolute Gasteiger partial charge is 0.309 e. The van der Waals surface area contributed by atoms with Gasteiger partial charge in [0.15, 0.2) is 7.14 Å². The highest BCUT2D eigenvalue weighted by Gasteiger charge is 2.33. The number of rotatable bonds is 3. The molecule has 0 aliphatic rings. The Morgan fingerprint density at radius 3 is 1.87 bits per heavy atom. The number of hydrogen-bond donors (Lipinski definition) is 0. The Labute approximate surface area is 225 Å². The molecular weight excluding hydrogens is 495 g/mol. The van der Waals surface area contributed by atoms with Gasteiger partial charge in [-0.2, -0.15) is 0 Å². The zero-order valence-electron chi connectivity index (χ0n) is 21.0. The number of para-hydroxylation sites is 2. The van der Waals surface area contributed by atoms with Crippen molar-refractivity contribution in [2.75, 3.05) is 0 Å². The van der Waals surface area contributed by atoms with Gasteiger partial charge in [0.05, 0.1) is 11.0 Å². The average Bonchev–Trinajstić information content (AvgIpc) is 3.41. The standard InChI is InChI=1S/C35H23N2OP/c38-39(25-13-3-1-4-14-25,26-15-5-2-6-16-26)32-21-11-20-31-34(32)36-35-33-27-17-8-7-12-24(27)22-23-29(33)28-18-9-10-19-30(28)37(31)35/h1-23H. The van der Waals surface area contributed by atoms with Crippen LogP contribution in [0, 0.1) is 0 Å². The highest BCUT2D eigenvalue weighted by molar-refractivity contribution is 7.85. The van der Waals surface area contributed by atoms with Crippen LogP contribution in [0.15, 0.2) is 140 Å². The van der Waals surface area contributed by atoms with E-state index in [0.717, 1.165) is 48.9 Å². The predicted octanol–water partition coefficient (Wildman–Crippen LogP) is 7.59. The minimum absolute atomic E-state index is 0.763. The van der Waals surface area contributed by atoms with Gasteiger partial charge in [0, 0.05) is 26.7 Å². The Morgan fingerprint density at radius 1 is 0.513 bits per heavy atom. The van der Waals surface area contributed by atoms with Crippen LogP contribution in [0.5, 0.6) is 0 Å². The fourth-order valence-corrected chi connectivity index (χ4v) is 8.88. The molecule has 0 aliphatic carbocycles. The summed E-state index contributed by atoms with van der Waals surface area (Å²) in [6.07, 6.45) is 0. The van der Waals surface area contributed by atoms with E-state index in [2.05, 4.69) is 71.1 Å². The maximum absolute atomic E-state index is 15.4. The van der Waals surface area contributed by atoms with E-state index in [1.54, 1.807) is 0 Å². The van der Waals surface area contributed by atoms with Crippen molar-refractivity contribution in [1.82, 2.24) is 9.38 Å². The first kappa shape index (κ1) is 22.3. The number of aromatic nitrogens is 2. The zero-order valence-corrected chi connectivity index (χ0v) is 21.9. The lowest BCUT2D eigenvalue weighted by Crippen LogP contribution is -2.25. The van der Waals surface area contributed by atoms with E-state index in [9.17, 15) is 0 Å². The van der Waals surface area contributed by atoms with Gasteiger partial charge in [-0.05, 0) is 34.4 Å². The van der Waals surface area contributed by atoms with Crippen molar-refractivity contribution < 1.29 is 4.57 Å². The van der Waals surface area contributed by atoms with Gasteiger partial charge < -0.3 is 4.57 Å². The van der Waals surface area contributed by atoms with Gasteiger partial charge in [0.2, 0.25) is 0 Å². The van der Waals surface area contributed by atoms with Crippen molar-refractivity contribution in [1.29, 1.82) is 0 Å². The summed E-state index contributed by atoms with van der Waals surface area (Å²) < 4.78 is 17.7. The molecule has 0 radical (unpaired) electrons. The Balaban J connectivity index is 1.60. The van der Waals surface area contributed by atoms with Crippen LogP contribution in [0.25, 0.3) is 49.1 Å². The molecule has 0 saturated heterocycles. The molecule has 0 fully saturated rings. The second kappa shape index (κ2) is 8.39. The fourth-order valence-electron chi connectivity index (χ4n) is 6.09. The van der Waals surface area contributed by atoms with Crippen LogP contribution in [-0.4, -0.2) is 9.38 Å². The third-order valence-corrected chi connectivity index (χ3v) is 10.9. The lowest BCUT2D eigenvalue weighted by molar-refractivity contribution is 0.592. The first-order valence-electron chi connectivity index (χ1n) is 13.1. The molecule has 8 rings (SSSR count). The van der Waals surface area contributed by atoms with Crippen molar-refractivity contribution in [3.05, 3.63) is 140 Å². The van der Waals surface area contributed by atoms with Crippen LogP contribution in [0.2, 0.25) is 0 Å². The molecule has 6 aromatic carbocycles. The summed E-state index contributed by atoms with van der Waals surface area (Å²) in [6.45, 7) is 0. The van der Waals surface area contributed by atoms with E-state index in [-0.39, 0.29) is 0 Å². The van der Waals surface area contributed by atoms with E-state index >= 15 is 4.57 Å². The Kier molecular flexibility index (Phi) is 4.79. The summed E-state index contributed by atoms with van der Waals surface area (Å²) in [5.74, 6) is 0. The molecule has 0 unspecified atom stereocenters. The van der Waals surface area contributed by atoms with Gasteiger partial charge in [-0.15, -0.1) is 0 Å². The maximum atomic E-state index is 15.4. The van der Waals surface area contributed by atoms with Crippen LogP contribution in [0.1, 0.15) is 0 Å². The summed E-state index contributed by atoms with van der Waals surface area (Å²) in [5, 5.41) is 8.17. The molecule has 0 bridgehead atoms. The molecule has 0 saturated carbocycles. The SMILES string of the molecule is O=P(c1ccccc1)(c1ccccc1)c1cccc2c1nc1c3c4ccccc4ccc3c3ccccc3n21. The van der Waals surface area contributed by atoms with Crippen LogP contribution < -0.4 is 15.9 Å². The zero-order chi connectivity index (χ0) is 26.0. The van der Waals surface area contributed by atoms with Crippen molar-refractivity contribution in [3.63, 3.8) is 0 Å². The Morgan fingerprint density at radius 2 is 1.13 bits per heavy atom.